The Bertz CT molecular complexity index is 958. The summed E-state index contributed by atoms with van der Waals surface area (Å²) in [5, 5.41) is 0. The summed E-state index contributed by atoms with van der Waals surface area (Å²) in [7, 11) is 3.33. The van der Waals surface area contributed by atoms with Crippen LogP contribution >= 0.6 is 0 Å². The highest BCUT2D eigenvalue weighted by Crippen LogP contribution is 2.32. The molecule has 1 aromatic heterocycles. The van der Waals surface area contributed by atoms with Crippen LogP contribution in [0, 0.1) is 0 Å². The third kappa shape index (κ3) is 4.18. The molecule has 1 fully saturated rings. The van der Waals surface area contributed by atoms with E-state index < -0.39 is 0 Å². The molecule has 0 saturated carbocycles. The topological polar surface area (TPSA) is 60.0 Å². The van der Waals surface area contributed by atoms with Crippen LogP contribution in [0.4, 0.5) is 11.5 Å². The Balaban J connectivity index is 1.45. The van der Waals surface area contributed by atoms with Gasteiger partial charge in [0.2, 0.25) is 5.88 Å². The molecule has 29 heavy (non-hydrogen) atoms. The number of nitrogens with zero attached hydrogens (tertiary/aromatic N) is 4. The van der Waals surface area contributed by atoms with Crippen molar-refractivity contribution >= 4 is 11.5 Å². The molecule has 0 atom stereocenters. The minimum atomic E-state index is 0.492. The molecule has 1 aliphatic rings. The molecule has 2 aromatic carbocycles. The van der Waals surface area contributed by atoms with Gasteiger partial charge in [-0.3, -0.25) is 0 Å². The number of anilines is 2. The van der Waals surface area contributed by atoms with Crippen LogP contribution in [0.25, 0.3) is 0 Å². The molecule has 7 nitrogen and oxygen atoms in total. The van der Waals surface area contributed by atoms with Gasteiger partial charge in [-0.25, -0.2) is 9.97 Å². The maximum atomic E-state index is 5.92. The van der Waals surface area contributed by atoms with Crippen LogP contribution in [-0.2, 0) is 0 Å². The zero-order chi connectivity index (χ0) is 20.1. The highest BCUT2D eigenvalue weighted by atomic mass is 16.5. The molecule has 1 saturated heterocycles. The van der Waals surface area contributed by atoms with Gasteiger partial charge in [0, 0.05) is 32.2 Å². The predicted octanol–water partition coefficient (Wildman–Crippen LogP) is 3.61. The van der Waals surface area contributed by atoms with E-state index in [2.05, 4.69) is 25.8 Å². The van der Waals surface area contributed by atoms with Gasteiger partial charge in [-0.05, 0) is 24.3 Å². The van der Waals surface area contributed by atoms with Crippen molar-refractivity contribution in [2.45, 2.75) is 0 Å². The molecule has 1 aliphatic heterocycles. The van der Waals surface area contributed by atoms with E-state index in [1.807, 2.05) is 48.5 Å². The summed E-state index contributed by atoms with van der Waals surface area (Å²) in [5.74, 6) is 3.53. The smallest absolute Gasteiger partial charge is 0.224 e. The van der Waals surface area contributed by atoms with Crippen LogP contribution in [-0.4, -0.2) is 50.4 Å². The summed E-state index contributed by atoms with van der Waals surface area (Å²) in [6.07, 6.45) is 1.53. The molecule has 7 heteroatoms. The van der Waals surface area contributed by atoms with Gasteiger partial charge in [-0.2, -0.15) is 0 Å². The van der Waals surface area contributed by atoms with Crippen molar-refractivity contribution in [1.29, 1.82) is 0 Å². The third-order valence-electron chi connectivity index (χ3n) is 4.94. The normalized spacial score (nSPS) is 13.9. The van der Waals surface area contributed by atoms with E-state index in [1.54, 1.807) is 14.2 Å². The number of rotatable bonds is 6. The van der Waals surface area contributed by atoms with Crippen LogP contribution < -0.4 is 24.0 Å². The summed E-state index contributed by atoms with van der Waals surface area (Å²) in [6.45, 7) is 3.46. The lowest BCUT2D eigenvalue weighted by atomic mass is 10.2. The molecule has 0 spiro atoms. The van der Waals surface area contributed by atoms with Crippen molar-refractivity contribution < 1.29 is 14.2 Å². The first kappa shape index (κ1) is 18.9. The maximum Gasteiger partial charge on any atom is 0.224 e. The zero-order valence-electron chi connectivity index (χ0n) is 16.6. The Morgan fingerprint density at radius 2 is 1.34 bits per heavy atom. The summed E-state index contributed by atoms with van der Waals surface area (Å²) in [6, 6.07) is 17.5. The summed E-state index contributed by atoms with van der Waals surface area (Å²) >= 11 is 0. The van der Waals surface area contributed by atoms with Gasteiger partial charge in [0.1, 0.15) is 17.9 Å². The lowest BCUT2D eigenvalue weighted by Crippen LogP contribution is -2.47. The second-order valence-electron chi connectivity index (χ2n) is 6.61. The second-order valence-corrected chi connectivity index (χ2v) is 6.61. The van der Waals surface area contributed by atoms with Gasteiger partial charge in [0.05, 0.1) is 19.9 Å². The largest absolute Gasteiger partial charge is 0.495 e. The van der Waals surface area contributed by atoms with Crippen LogP contribution in [0.1, 0.15) is 0 Å². The van der Waals surface area contributed by atoms with Crippen LogP contribution in [0.15, 0.2) is 60.9 Å². The fourth-order valence-corrected chi connectivity index (χ4v) is 3.44. The van der Waals surface area contributed by atoms with E-state index >= 15 is 0 Å². The first-order valence-electron chi connectivity index (χ1n) is 9.54. The quantitative estimate of drug-likeness (QED) is 0.635. The van der Waals surface area contributed by atoms with E-state index in [1.165, 1.54) is 6.33 Å². The van der Waals surface area contributed by atoms with Gasteiger partial charge in [0.25, 0.3) is 0 Å². The summed E-state index contributed by atoms with van der Waals surface area (Å²) in [5.41, 5.74) is 1.12. The fourth-order valence-electron chi connectivity index (χ4n) is 3.44. The molecule has 150 valence electrons. The fraction of sp³-hybridized carbons (Fsp3) is 0.273. The molecule has 0 bridgehead atoms. The number of methoxy groups -OCH3 is 2. The molecule has 4 rings (SSSR count). The molecule has 3 aromatic rings. The number of hydrogen-bond donors (Lipinski definition) is 0. The van der Waals surface area contributed by atoms with Gasteiger partial charge in [0.15, 0.2) is 11.5 Å². The highest BCUT2D eigenvalue weighted by molar-refractivity contribution is 5.59. The van der Waals surface area contributed by atoms with Gasteiger partial charge in [-0.1, -0.05) is 24.3 Å². The number of hydrogen-bond acceptors (Lipinski definition) is 7. The van der Waals surface area contributed by atoms with Crippen molar-refractivity contribution in [2.75, 3.05) is 50.2 Å². The monoisotopic (exact) mass is 392 g/mol. The molecule has 0 aliphatic carbocycles. The average Bonchev–Trinajstić information content (AvgIpc) is 2.80. The van der Waals surface area contributed by atoms with E-state index in [9.17, 15) is 0 Å². The van der Waals surface area contributed by atoms with Crippen LogP contribution in [0.3, 0.4) is 0 Å². The van der Waals surface area contributed by atoms with Crippen LogP contribution in [0.2, 0.25) is 0 Å². The number of aromatic nitrogens is 2. The van der Waals surface area contributed by atoms with E-state index in [-0.39, 0.29) is 0 Å². The van der Waals surface area contributed by atoms with Crippen molar-refractivity contribution in [3.8, 4) is 23.1 Å². The average molecular weight is 392 g/mol. The standard InChI is InChI=1S/C22H24N4O3/c1-27-18-8-4-3-7-17(18)25-11-13-26(14-12-25)21-15-22(24-16-23-21)29-20-10-6-5-9-19(20)28-2/h3-10,15-16H,11-14H2,1-2H3. The zero-order valence-corrected chi connectivity index (χ0v) is 16.6. The summed E-state index contributed by atoms with van der Waals surface area (Å²) in [4.78, 5) is 13.3. The van der Waals surface area contributed by atoms with Crippen molar-refractivity contribution in [2.24, 2.45) is 0 Å². The second kappa shape index (κ2) is 8.68. The van der Waals surface area contributed by atoms with Crippen molar-refractivity contribution in [1.82, 2.24) is 9.97 Å². The van der Waals surface area contributed by atoms with E-state index in [0.29, 0.717) is 17.4 Å². The predicted molar refractivity (Wildman–Crippen MR) is 113 cm³/mol. The molecule has 0 N–H and O–H groups in total. The summed E-state index contributed by atoms with van der Waals surface area (Å²) < 4.78 is 16.8. The minimum Gasteiger partial charge on any atom is -0.495 e. The number of piperazine rings is 1. The van der Waals surface area contributed by atoms with Gasteiger partial charge < -0.3 is 24.0 Å². The van der Waals surface area contributed by atoms with E-state index in [4.69, 9.17) is 14.2 Å². The maximum absolute atomic E-state index is 5.92. The van der Waals surface area contributed by atoms with Crippen LogP contribution in [0.5, 0.6) is 23.1 Å². The molecule has 0 radical (unpaired) electrons. The van der Waals surface area contributed by atoms with Gasteiger partial charge >= 0.3 is 0 Å². The van der Waals surface area contributed by atoms with E-state index in [0.717, 1.165) is 43.4 Å². The molecular formula is C22H24N4O3. The Morgan fingerprint density at radius 1 is 0.724 bits per heavy atom. The molecule has 0 amide bonds. The van der Waals surface area contributed by atoms with Crippen molar-refractivity contribution in [3.05, 3.63) is 60.9 Å². The molecule has 0 unspecified atom stereocenters. The lowest BCUT2D eigenvalue weighted by molar-refractivity contribution is 0.374. The third-order valence-corrected chi connectivity index (χ3v) is 4.94. The minimum absolute atomic E-state index is 0.492. The SMILES string of the molecule is COc1ccccc1Oc1cc(N2CCN(c3ccccc3OC)CC2)ncn1. The Hall–Kier alpha value is -3.48. The van der Waals surface area contributed by atoms with Gasteiger partial charge in [-0.15, -0.1) is 0 Å². The highest BCUT2D eigenvalue weighted by Gasteiger charge is 2.21. The Morgan fingerprint density at radius 3 is 2.07 bits per heavy atom. The first-order chi connectivity index (χ1) is 14.3. The first-order valence-corrected chi connectivity index (χ1v) is 9.54. The number of para-hydroxylation sites is 4. The number of ether oxygens (including phenoxy) is 3. The Labute approximate surface area is 170 Å². The Kier molecular flexibility index (Phi) is 5.65. The van der Waals surface area contributed by atoms with Crippen molar-refractivity contribution in [3.63, 3.8) is 0 Å². The number of benzene rings is 2. The lowest BCUT2D eigenvalue weighted by Gasteiger charge is -2.37. The molecule has 2 heterocycles. The molecular weight excluding hydrogens is 368 g/mol.